The van der Waals surface area contributed by atoms with Gasteiger partial charge < -0.3 is 5.32 Å². The smallest absolute Gasteiger partial charge is 0.373 e. The summed E-state index contributed by atoms with van der Waals surface area (Å²) in [5.41, 5.74) is 0. The Balaban J connectivity index is 2.23. The summed E-state index contributed by atoms with van der Waals surface area (Å²) < 4.78 is 37.9. The van der Waals surface area contributed by atoms with E-state index in [4.69, 9.17) is 0 Å². The molecule has 2 rings (SSSR count). The van der Waals surface area contributed by atoms with Gasteiger partial charge in [0.2, 0.25) is 5.82 Å². The summed E-state index contributed by atoms with van der Waals surface area (Å²) >= 11 is 1.42. The molecular formula is C11H14F3N3S. The average Bonchev–Trinajstić information content (AvgIpc) is 2.80. The predicted molar refractivity (Wildman–Crippen MR) is 64.7 cm³/mol. The van der Waals surface area contributed by atoms with Crippen molar-refractivity contribution in [2.75, 3.05) is 12.4 Å². The van der Waals surface area contributed by atoms with Crippen molar-refractivity contribution in [1.29, 1.82) is 0 Å². The first-order valence-electron chi connectivity index (χ1n) is 5.80. The highest BCUT2D eigenvalue weighted by Gasteiger charge is 2.35. The molecule has 1 aliphatic carbocycles. The third kappa shape index (κ3) is 3.28. The summed E-state index contributed by atoms with van der Waals surface area (Å²) in [5, 5.41) is 3.42. The summed E-state index contributed by atoms with van der Waals surface area (Å²) in [6, 6.07) is 1.57. The topological polar surface area (TPSA) is 37.8 Å². The van der Waals surface area contributed by atoms with Crippen molar-refractivity contribution in [2.24, 2.45) is 0 Å². The fraction of sp³-hybridized carbons (Fsp3) is 0.636. The van der Waals surface area contributed by atoms with E-state index >= 15 is 0 Å². The average molecular weight is 277 g/mol. The molecule has 18 heavy (non-hydrogen) atoms. The maximum Gasteiger partial charge on any atom is 0.451 e. The third-order valence-electron chi connectivity index (χ3n) is 2.80. The lowest BCUT2D eigenvalue weighted by Crippen LogP contribution is -2.13. The van der Waals surface area contributed by atoms with Crippen molar-refractivity contribution in [3.05, 3.63) is 11.9 Å². The molecule has 7 heteroatoms. The summed E-state index contributed by atoms with van der Waals surface area (Å²) in [5.74, 6) is -0.868. The van der Waals surface area contributed by atoms with Gasteiger partial charge in [-0.3, -0.25) is 0 Å². The molecule has 1 heterocycles. The van der Waals surface area contributed by atoms with Crippen LogP contribution in [0.4, 0.5) is 19.0 Å². The Morgan fingerprint density at radius 3 is 2.50 bits per heavy atom. The molecule has 0 aliphatic heterocycles. The van der Waals surface area contributed by atoms with E-state index in [9.17, 15) is 13.2 Å². The van der Waals surface area contributed by atoms with Gasteiger partial charge in [0.1, 0.15) is 10.8 Å². The first kappa shape index (κ1) is 13.5. The molecule has 3 nitrogen and oxygen atoms in total. The van der Waals surface area contributed by atoms with Crippen LogP contribution in [0.25, 0.3) is 0 Å². The second kappa shape index (κ2) is 5.34. The third-order valence-corrected chi connectivity index (χ3v) is 4.06. The number of thioether (sulfide) groups is 1. The van der Waals surface area contributed by atoms with Crippen LogP contribution in [0.15, 0.2) is 11.1 Å². The first-order valence-corrected chi connectivity index (χ1v) is 6.67. The van der Waals surface area contributed by atoms with E-state index in [2.05, 4.69) is 15.3 Å². The highest BCUT2D eigenvalue weighted by atomic mass is 32.2. The lowest BCUT2D eigenvalue weighted by atomic mass is 10.4. The Hall–Kier alpha value is -0.980. The van der Waals surface area contributed by atoms with Crippen LogP contribution >= 0.6 is 11.8 Å². The largest absolute Gasteiger partial charge is 0.451 e. The van der Waals surface area contributed by atoms with Crippen LogP contribution in [0.5, 0.6) is 0 Å². The monoisotopic (exact) mass is 277 g/mol. The van der Waals surface area contributed by atoms with Crippen molar-refractivity contribution in [3.8, 4) is 0 Å². The Labute approximate surface area is 108 Å². The van der Waals surface area contributed by atoms with Crippen LogP contribution in [0, 0.1) is 0 Å². The van der Waals surface area contributed by atoms with Gasteiger partial charge in [-0.05, 0) is 12.8 Å². The molecule has 0 unspecified atom stereocenters. The normalized spacial score (nSPS) is 17.1. The highest BCUT2D eigenvalue weighted by molar-refractivity contribution is 7.99. The molecule has 0 radical (unpaired) electrons. The zero-order valence-electron chi connectivity index (χ0n) is 9.92. The van der Waals surface area contributed by atoms with Gasteiger partial charge in [0.05, 0.1) is 0 Å². The Kier molecular flexibility index (Phi) is 3.99. The SMILES string of the molecule is CNc1cc(SC2CCCC2)nc(C(F)(F)F)n1. The van der Waals surface area contributed by atoms with Gasteiger partial charge >= 0.3 is 6.18 Å². The highest BCUT2D eigenvalue weighted by Crippen LogP contribution is 2.36. The standard InChI is InChI=1S/C11H14F3N3S/c1-15-8-6-9(18-7-4-2-3-5-7)17-10(16-8)11(12,13)14/h6-7H,2-5H2,1H3,(H,15,16,17). The van der Waals surface area contributed by atoms with Crippen molar-refractivity contribution in [2.45, 2.75) is 42.1 Å². The predicted octanol–water partition coefficient (Wildman–Crippen LogP) is 3.57. The molecule has 1 fully saturated rings. The summed E-state index contributed by atoms with van der Waals surface area (Å²) in [7, 11) is 1.55. The second-order valence-electron chi connectivity index (χ2n) is 4.19. The molecule has 1 N–H and O–H groups in total. The summed E-state index contributed by atoms with van der Waals surface area (Å²) in [6.07, 6.45) is -0.116. The number of nitrogens with one attached hydrogen (secondary N) is 1. The molecule has 1 saturated carbocycles. The number of aromatic nitrogens is 2. The number of rotatable bonds is 3. The van der Waals surface area contributed by atoms with E-state index in [1.54, 1.807) is 13.1 Å². The van der Waals surface area contributed by atoms with Crippen LogP contribution < -0.4 is 5.32 Å². The van der Waals surface area contributed by atoms with E-state index in [0.29, 0.717) is 10.3 Å². The lowest BCUT2D eigenvalue weighted by Gasteiger charge is -2.12. The summed E-state index contributed by atoms with van der Waals surface area (Å²) in [4.78, 5) is 7.04. The van der Waals surface area contributed by atoms with Crippen molar-refractivity contribution >= 4 is 17.6 Å². The lowest BCUT2D eigenvalue weighted by molar-refractivity contribution is -0.145. The molecule has 0 bridgehead atoms. The zero-order valence-corrected chi connectivity index (χ0v) is 10.7. The van der Waals surface area contributed by atoms with E-state index < -0.39 is 12.0 Å². The molecule has 1 aromatic heterocycles. The van der Waals surface area contributed by atoms with Gasteiger partial charge in [-0.1, -0.05) is 12.8 Å². The van der Waals surface area contributed by atoms with Gasteiger partial charge in [-0.2, -0.15) is 13.2 Å². The number of hydrogen-bond donors (Lipinski definition) is 1. The second-order valence-corrected chi connectivity index (χ2v) is 5.51. The van der Waals surface area contributed by atoms with Crippen molar-refractivity contribution in [3.63, 3.8) is 0 Å². The van der Waals surface area contributed by atoms with E-state index in [1.165, 1.54) is 11.8 Å². The fourth-order valence-electron chi connectivity index (χ4n) is 1.92. The van der Waals surface area contributed by atoms with Crippen LogP contribution in [0.2, 0.25) is 0 Å². The Bertz CT molecular complexity index is 416. The molecule has 0 aromatic carbocycles. The summed E-state index contributed by atoms with van der Waals surface area (Å²) in [6.45, 7) is 0. The molecular weight excluding hydrogens is 263 g/mol. The maximum atomic E-state index is 12.6. The van der Waals surface area contributed by atoms with Gasteiger partial charge in [0, 0.05) is 18.4 Å². The number of anilines is 1. The van der Waals surface area contributed by atoms with Gasteiger partial charge in [-0.25, -0.2) is 9.97 Å². The minimum absolute atomic E-state index is 0.206. The van der Waals surface area contributed by atoms with Crippen LogP contribution in [0.1, 0.15) is 31.5 Å². The van der Waals surface area contributed by atoms with E-state index in [0.717, 1.165) is 25.7 Å². The number of alkyl halides is 3. The molecule has 0 saturated heterocycles. The van der Waals surface area contributed by atoms with Crippen LogP contribution in [-0.4, -0.2) is 22.3 Å². The zero-order chi connectivity index (χ0) is 13.2. The van der Waals surface area contributed by atoms with Gasteiger partial charge in [0.15, 0.2) is 0 Å². The van der Waals surface area contributed by atoms with Crippen molar-refractivity contribution in [1.82, 2.24) is 9.97 Å². The van der Waals surface area contributed by atoms with Gasteiger partial charge in [-0.15, -0.1) is 11.8 Å². The molecule has 0 amide bonds. The number of nitrogens with zero attached hydrogens (tertiary/aromatic N) is 2. The fourth-order valence-corrected chi connectivity index (χ4v) is 3.15. The first-order chi connectivity index (χ1) is 8.49. The van der Waals surface area contributed by atoms with Gasteiger partial charge in [0.25, 0.3) is 0 Å². The quantitative estimate of drug-likeness (QED) is 0.857. The molecule has 0 atom stereocenters. The van der Waals surface area contributed by atoms with Crippen LogP contribution in [0.3, 0.4) is 0 Å². The molecule has 1 aliphatic rings. The molecule has 100 valence electrons. The Morgan fingerprint density at radius 1 is 1.28 bits per heavy atom. The van der Waals surface area contributed by atoms with Crippen molar-refractivity contribution < 1.29 is 13.2 Å². The van der Waals surface area contributed by atoms with E-state index in [-0.39, 0.29) is 5.82 Å². The van der Waals surface area contributed by atoms with E-state index in [1.807, 2.05) is 0 Å². The number of halogens is 3. The number of hydrogen-bond acceptors (Lipinski definition) is 4. The maximum absolute atomic E-state index is 12.6. The Morgan fingerprint density at radius 2 is 1.94 bits per heavy atom. The minimum atomic E-state index is -4.50. The van der Waals surface area contributed by atoms with Crippen LogP contribution in [-0.2, 0) is 6.18 Å². The molecule has 1 aromatic rings. The minimum Gasteiger partial charge on any atom is -0.373 e. The molecule has 0 spiro atoms.